The number of amides is 4. The standard InChI is InChI=1S/C17H28N4O3.ClH/c1-12(18)13-7-3-6-10-20(13)14(22)11-21-15(23)17(19-16(21)24)8-4-2-5-9-17;/h12-13H,2-11,18H2,1H3,(H,19,24);1H. The molecule has 2 atom stereocenters. The number of imide groups is 1. The average Bonchev–Trinajstić information content (AvgIpc) is 2.79. The van der Waals surface area contributed by atoms with Gasteiger partial charge in [0.25, 0.3) is 5.91 Å². The van der Waals surface area contributed by atoms with Crippen LogP contribution < -0.4 is 11.1 Å². The van der Waals surface area contributed by atoms with E-state index in [0.29, 0.717) is 19.4 Å². The number of likely N-dealkylation sites (tertiary alicyclic amines) is 1. The molecule has 1 spiro atoms. The molecule has 1 saturated carbocycles. The maximum atomic E-state index is 12.8. The van der Waals surface area contributed by atoms with Crippen molar-refractivity contribution in [2.45, 2.75) is 75.9 Å². The third-order valence-corrected chi connectivity index (χ3v) is 5.72. The van der Waals surface area contributed by atoms with Crippen molar-refractivity contribution in [1.29, 1.82) is 0 Å². The highest BCUT2D eigenvalue weighted by Gasteiger charge is 2.52. The lowest BCUT2D eigenvalue weighted by atomic mass is 9.82. The number of hydrogen-bond acceptors (Lipinski definition) is 4. The van der Waals surface area contributed by atoms with Gasteiger partial charge in [0.2, 0.25) is 5.91 Å². The maximum Gasteiger partial charge on any atom is 0.325 e. The van der Waals surface area contributed by atoms with Crippen LogP contribution in [0.25, 0.3) is 0 Å². The van der Waals surface area contributed by atoms with Gasteiger partial charge >= 0.3 is 6.03 Å². The number of rotatable bonds is 3. The predicted molar refractivity (Wildman–Crippen MR) is 96.3 cm³/mol. The van der Waals surface area contributed by atoms with E-state index in [0.717, 1.165) is 43.4 Å². The summed E-state index contributed by atoms with van der Waals surface area (Å²) in [5.74, 6) is -0.400. The van der Waals surface area contributed by atoms with Gasteiger partial charge in [0.15, 0.2) is 0 Å². The number of carbonyl (C=O) groups excluding carboxylic acids is 3. The Morgan fingerprint density at radius 1 is 1.24 bits per heavy atom. The van der Waals surface area contributed by atoms with Crippen molar-refractivity contribution < 1.29 is 14.4 Å². The van der Waals surface area contributed by atoms with Crippen LogP contribution in [-0.2, 0) is 9.59 Å². The summed E-state index contributed by atoms with van der Waals surface area (Å²) in [5.41, 5.74) is 5.25. The van der Waals surface area contributed by atoms with Gasteiger partial charge in [-0.25, -0.2) is 4.79 Å². The van der Waals surface area contributed by atoms with Gasteiger partial charge in [0.05, 0.1) is 0 Å². The van der Waals surface area contributed by atoms with Crippen LogP contribution >= 0.6 is 12.4 Å². The first-order valence-electron chi connectivity index (χ1n) is 9.14. The first kappa shape index (κ1) is 20.0. The minimum absolute atomic E-state index is 0. The van der Waals surface area contributed by atoms with E-state index in [9.17, 15) is 14.4 Å². The fraction of sp³-hybridized carbons (Fsp3) is 0.824. The average molecular weight is 373 g/mol. The van der Waals surface area contributed by atoms with Gasteiger partial charge in [0, 0.05) is 18.6 Å². The molecule has 8 heteroatoms. The summed E-state index contributed by atoms with van der Waals surface area (Å²) in [6.45, 7) is 2.39. The van der Waals surface area contributed by atoms with Gasteiger partial charge < -0.3 is 16.0 Å². The van der Waals surface area contributed by atoms with E-state index in [1.54, 1.807) is 4.90 Å². The van der Waals surface area contributed by atoms with Crippen molar-refractivity contribution in [3.63, 3.8) is 0 Å². The molecule has 25 heavy (non-hydrogen) atoms. The summed E-state index contributed by atoms with van der Waals surface area (Å²) in [6.07, 6.45) is 7.20. The number of piperidine rings is 1. The van der Waals surface area contributed by atoms with Crippen molar-refractivity contribution >= 4 is 30.3 Å². The van der Waals surface area contributed by atoms with Crippen LogP contribution in [0, 0.1) is 0 Å². The van der Waals surface area contributed by atoms with Crippen molar-refractivity contribution in [1.82, 2.24) is 15.1 Å². The number of nitrogens with zero attached hydrogens (tertiary/aromatic N) is 2. The first-order chi connectivity index (χ1) is 11.4. The highest BCUT2D eigenvalue weighted by molar-refractivity contribution is 6.09. The van der Waals surface area contributed by atoms with Crippen molar-refractivity contribution in [2.75, 3.05) is 13.1 Å². The number of urea groups is 1. The lowest BCUT2D eigenvalue weighted by Crippen LogP contribution is -2.55. The summed E-state index contributed by atoms with van der Waals surface area (Å²) < 4.78 is 0. The molecular weight excluding hydrogens is 344 g/mol. The third kappa shape index (κ3) is 3.77. The summed E-state index contributed by atoms with van der Waals surface area (Å²) in [7, 11) is 0. The normalized spacial score (nSPS) is 27.0. The zero-order chi connectivity index (χ0) is 17.3. The Morgan fingerprint density at radius 3 is 2.56 bits per heavy atom. The Labute approximate surface area is 155 Å². The van der Waals surface area contributed by atoms with Gasteiger partial charge in [-0.1, -0.05) is 19.3 Å². The second-order valence-electron chi connectivity index (χ2n) is 7.47. The van der Waals surface area contributed by atoms with E-state index in [4.69, 9.17) is 5.73 Å². The first-order valence-corrected chi connectivity index (χ1v) is 9.14. The molecule has 2 saturated heterocycles. The monoisotopic (exact) mass is 372 g/mol. The number of nitrogens with one attached hydrogen (secondary N) is 1. The molecule has 2 heterocycles. The molecule has 142 valence electrons. The fourth-order valence-corrected chi connectivity index (χ4v) is 4.35. The highest BCUT2D eigenvalue weighted by atomic mass is 35.5. The quantitative estimate of drug-likeness (QED) is 0.732. The molecule has 2 unspecified atom stereocenters. The van der Waals surface area contributed by atoms with Crippen LogP contribution in [0.1, 0.15) is 58.3 Å². The van der Waals surface area contributed by atoms with Gasteiger partial charge in [-0.2, -0.15) is 0 Å². The Balaban J connectivity index is 0.00000225. The topological polar surface area (TPSA) is 95.7 Å². The Hall–Kier alpha value is -1.34. The van der Waals surface area contributed by atoms with Crippen LogP contribution in [0.2, 0.25) is 0 Å². The van der Waals surface area contributed by atoms with Gasteiger partial charge in [0.1, 0.15) is 12.1 Å². The van der Waals surface area contributed by atoms with Crippen molar-refractivity contribution in [2.24, 2.45) is 5.73 Å². The summed E-state index contributed by atoms with van der Waals surface area (Å²) in [6, 6.07) is -0.540. The molecule has 0 radical (unpaired) electrons. The van der Waals surface area contributed by atoms with Crippen LogP contribution in [0.15, 0.2) is 0 Å². The summed E-state index contributed by atoms with van der Waals surface area (Å²) in [5, 5.41) is 2.85. The maximum absolute atomic E-state index is 12.8. The van der Waals surface area contributed by atoms with E-state index in [2.05, 4.69) is 5.32 Å². The minimum Gasteiger partial charge on any atom is -0.337 e. The molecule has 0 bridgehead atoms. The van der Waals surface area contributed by atoms with Gasteiger partial charge in [-0.3, -0.25) is 14.5 Å². The molecule has 0 aromatic rings. The SMILES string of the molecule is CC(N)C1CCCCN1C(=O)CN1C(=O)NC2(CCCCC2)C1=O.Cl. The molecule has 0 aromatic heterocycles. The second kappa shape index (κ2) is 7.91. The Kier molecular flexibility index (Phi) is 6.32. The number of halogens is 1. The van der Waals surface area contributed by atoms with Gasteiger partial charge in [-0.15, -0.1) is 12.4 Å². The number of nitrogens with two attached hydrogens (primary N) is 1. The highest BCUT2D eigenvalue weighted by Crippen LogP contribution is 2.33. The molecule has 4 amide bonds. The second-order valence-corrected chi connectivity index (χ2v) is 7.47. The molecule has 3 aliphatic rings. The molecule has 3 fully saturated rings. The lowest BCUT2D eigenvalue weighted by molar-refractivity contribution is -0.141. The van der Waals surface area contributed by atoms with Crippen LogP contribution in [0.3, 0.4) is 0 Å². The van der Waals surface area contributed by atoms with E-state index in [1.165, 1.54) is 0 Å². The minimum atomic E-state index is -0.766. The zero-order valence-corrected chi connectivity index (χ0v) is 15.6. The Morgan fingerprint density at radius 2 is 1.92 bits per heavy atom. The van der Waals surface area contributed by atoms with E-state index >= 15 is 0 Å². The van der Waals surface area contributed by atoms with Crippen molar-refractivity contribution in [3.8, 4) is 0 Å². The molecule has 1 aliphatic carbocycles. The van der Waals surface area contributed by atoms with Crippen molar-refractivity contribution in [3.05, 3.63) is 0 Å². The van der Waals surface area contributed by atoms with Crippen LogP contribution in [-0.4, -0.2) is 58.4 Å². The smallest absolute Gasteiger partial charge is 0.325 e. The zero-order valence-electron chi connectivity index (χ0n) is 14.8. The van der Waals surface area contributed by atoms with Crippen LogP contribution in [0.5, 0.6) is 0 Å². The summed E-state index contributed by atoms with van der Waals surface area (Å²) >= 11 is 0. The third-order valence-electron chi connectivity index (χ3n) is 5.72. The fourth-order valence-electron chi connectivity index (χ4n) is 4.35. The van der Waals surface area contributed by atoms with E-state index in [-0.39, 0.29) is 42.8 Å². The molecule has 2 aliphatic heterocycles. The van der Waals surface area contributed by atoms with E-state index < -0.39 is 11.6 Å². The lowest BCUT2D eigenvalue weighted by Gasteiger charge is -2.38. The van der Waals surface area contributed by atoms with Gasteiger partial charge in [-0.05, 0) is 39.0 Å². The van der Waals surface area contributed by atoms with Crippen LogP contribution in [0.4, 0.5) is 4.79 Å². The molecule has 3 rings (SSSR count). The molecule has 0 aromatic carbocycles. The largest absolute Gasteiger partial charge is 0.337 e. The Bertz CT molecular complexity index is 534. The number of hydrogen-bond donors (Lipinski definition) is 2. The number of carbonyl (C=O) groups is 3. The summed E-state index contributed by atoms with van der Waals surface area (Å²) in [4.78, 5) is 40.7. The molecular formula is C17H29ClN4O3. The molecule has 7 nitrogen and oxygen atoms in total. The predicted octanol–water partition coefficient (Wildman–Crippen LogP) is 1.39. The van der Waals surface area contributed by atoms with E-state index in [1.807, 2.05) is 6.92 Å². The molecule has 3 N–H and O–H groups in total.